The van der Waals surface area contributed by atoms with Crippen LogP contribution in [0.25, 0.3) is 0 Å². The maximum Gasteiger partial charge on any atom is 0.164 e. The Morgan fingerprint density at radius 1 is 1.44 bits per heavy atom. The van der Waals surface area contributed by atoms with Crippen LogP contribution in [0.2, 0.25) is 0 Å². The molecule has 1 N–H and O–H groups in total. The first-order chi connectivity index (χ1) is 7.42. The Morgan fingerprint density at radius 2 is 2.12 bits per heavy atom. The predicted octanol–water partition coefficient (Wildman–Crippen LogP) is 2.53. The first-order valence-electron chi connectivity index (χ1n) is 6.07. The van der Waals surface area contributed by atoms with Gasteiger partial charge in [-0.2, -0.15) is 5.10 Å². The van der Waals surface area contributed by atoms with Crippen LogP contribution in [-0.2, 0) is 6.54 Å². The molecule has 0 fully saturated rings. The minimum atomic E-state index is 0.112. The van der Waals surface area contributed by atoms with Crippen molar-refractivity contribution in [3.05, 3.63) is 12.2 Å². The number of hydrogen-bond acceptors (Lipinski definition) is 3. The van der Waals surface area contributed by atoms with Gasteiger partial charge in [-0.05, 0) is 34.1 Å². The van der Waals surface area contributed by atoms with Gasteiger partial charge in [0.15, 0.2) is 5.82 Å². The highest BCUT2D eigenvalue weighted by Gasteiger charge is 2.11. The molecule has 1 aromatic rings. The number of nitrogens with zero attached hydrogens (tertiary/aromatic N) is 3. The van der Waals surface area contributed by atoms with E-state index < -0.39 is 0 Å². The summed E-state index contributed by atoms with van der Waals surface area (Å²) in [6, 6.07) is 0.445. The molecule has 0 spiro atoms. The summed E-state index contributed by atoms with van der Waals surface area (Å²) in [5.74, 6) is 0.873. The lowest BCUT2D eigenvalue weighted by molar-refractivity contribution is 0.410. The molecular weight excluding hydrogens is 200 g/mol. The van der Waals surface area contributed by atoms with Crippen LogP contribution >= 0.6 is 0 Å². The molecule has 0 aromatic carbocycles. The molecular formula is C12H24N4. The standard InChI is InChI=1S/C12H24N4/c1-6-7-10(2)16-9-13-11(15-16)8-14-12(3,4)5/h9-10,14H,6-8H2,1-5H3. The highest BCUT2D eigenvalue weighted by molar-refractivity contribution is 4.85. The van der Waals surface area contributed by atoms with E-state index in [1.54, 1.807) is 0 Å². The molecule has 0 saturated heterocycles. The molecule has 4 heteroatoms. The van der Waals surface area contributed by atoms with Crippen LogP contribution in [0.1, 0.15) is 59.3 Å². The molecule has 1 aromatic heterocycles. The van der Waals surface area contributed by atoms with Gasteiger partial charge in [0.25, 0.3) is 0 Å². The van der Waals surface area contributed by atoms with Crippen LogP contribution in [0.3, 0.4) is 0 Å². The van der Waals surface area contributed by atoms with E-state index in [1.807, 2.05) is 11.0 Å². The summed E-state index contributed by atoms with van der Waals surface area (Å²) in [6.07, 6.45) is 4.16. The molecule has 0 aliphatic heterocycles. The molecule has 0 aliphatic carbocycles. The highest BCUT2D eigenvalue weighted by Crippen LogP contribution is 2.10. The zero-order valence-corrected chi connectivity index (χ0v) is 11.1. The number of nitrogens with one attached hydrogen (secondary N) is 1. The zero-order chi connectivity index (χ0) is 12.2. The first kappa shape index (κ1) is 13.2. The maximum absolute atomic E-state index is 4.47. The molecule has 1 heterocycles. The Bertz CT molecular complexity index is 311. The second-order valence-corrected chi connectivity index (χ2v) is 5.38. The fraction of sp³-hybridized carbons (Fsp3) is 0.833. The van der Waals surface area contributed by atoms with Gasteiger partial charge in [-0.1, -0.05) is 13.3 Å². The van der Waals surface area contributed by atoms with Crippen LogP contribution in [0.5, 0.6) is 0 Å². The largest absolute Gasteiger partial charge is 0.305 e. The molecule has 92 valence electrons. The van der Waals surface area contributed by atoms with Crippen molar-refractivity contribution in [2.75, 3.05) is 0 Å². The van der Waals surface area contributed by atoms with Crippen LogP contribution in [0.4, 0.5) is 0 Å². The van der Waals surface area contributed by atoms with Crippen LogP contribution < -0.4 is 5.32 Å². The van der Waals surface area contributed by atoms with Crippen molar-refractivity contribution in [2.45, 2.75) is 65.6 Å². The molecule has 1 atom stereocenters. The van der Waals surface area contributed by atoms with E-state index in [0.717, 1.165) is 18.8 Å². The third kappa shape index (κ3) is 4.31. The molecule has 0 amide bonds. The van der Waals surface area contributed by atoms with E-state index >= 15 is 0 Å². The summed E-state index contributed by atoms with van der Waals surface area (Å²) in [7, 11) is 0. The van der Waals surface area contributed by atoms with Gasteiger partial charge >= 0.3 is 0 Å². The third-order valence-corrected chi connectivity index (χ3v) is 2.49. The fourth-order valence-corrected chi connectivity index (χ4v) is 1.50. The minimum Gasteiger partial charge on any atom is -0.305 e. The second-order valence-electron chi connectivity index (χ2n) is 5.38. The fourth-order valence-electron chi connectivity index (χ4n) is 1.50. The van der Waals surface area contributed by atoms with E-state index in [4.69, 9.17) is 0 Å². The monoisotopic (exact) mass is 224 g/mol. The average Bonchev–Trinajstić information content (AvgIpc) is 2.62. The lowest BCUT2D eigenvalue weighted by Crippen LogP contribution is -2.35. The Labute approximate surface area is 98.5 Å². The van der Waals surface area contributed by atoms with Crippen molar-refractivity contribution in [3.63, 3.8) is 0 Å². The lowest BCUT2D eigenvalue weighted by atomic mass is 10.1. The summed E-state index contributed by atoms with van der Waals surface area (Å²) in [4.78, 5) is 4.31. The van der Waals surface area contributed by atoms with Gasteiger partial charge in [0.2, 0.25) is 0 Å². The van der Waals surface area contributed by atoms with Gasteiger partial charge in [-0.15, -0.1) is 0 Å². The molecule has 1 unspecified atom stereocenters. The molecule has 0 radical (unpaired) electrons. The van der Waals surface area contributed by atoms with Crippen LogP contribution in [-0.4, -0.2) is 20.3 Å². The second kappa shape index (κ2) is 5.43. The summed E-state index contributed by atoms with van der Waals surface area (Å²) >= 11 is 0. The Hall–Kier alpha value is -0.900. The highest BCUT2D eigenvalue weighted by atomic mass is 15.3. The summed E-state index contributed by atoms with van der Waals surface area (Å²) in [5.41, 5.74) is 0.112. The Balaban J connectivity index is 2.51. The van der Waals surface area contributed by atoms with E-state index in [1.165, 1.54) is 6.42 Å². The third-order valence-electron chi connectivity index (χ3n) is 2.49. The number of rotatable bonds is 5. The molecule has 1 rings (SSSR count). The van der Waals surface area contributed by atoms with E-state index in [9.17, 15) is 0 Å². The number of hydrogen-bond donors (Lipinski definition) is 1. The quantitative estimate of drug-likeness (QED) is 0.835. The van der Waals surface area contributed by atoms with Crippen LogP contribution in [0, 0.1) is 0 Å². The topological polar surface area (TPSA) is 42.7 Å². The number of aromatic nitrogens is 3. The van der Waals surface area contributed by atoms with Crippen molar-refractivity contribution in [1.82, 2.24) is 20.1 Å². The smallest absolute Gasteiger partial charge is 0.164 e. The van der Waals surface area contributed by atoms with E-state index in [2.05, 4.69) is 50.0 Å². The van der Waals surface area contributed by atoms with Crippen molar-refractivity contribution in [1.29, 1.82) is 0 Å². The minimum absolute atomic E-state index is 0.112. The van der Waals surface area contributed by atoms with Crippen molar-refractivity contribution in [2.24, 2.45) is 0 Å². The van der Waals surface area contributed by atoms with Gasteiger partial charge < -0.3 is 5.32 Å². The average molecular weight is 224 g/mol. The van der Waals surface area contributed by atoms with Gasteiger partial charge in [-0.25, -0.2) is 9.67 Å². The molecule has 16 heavy (non-hydrogen) atoms. The summed E-state index contributed by atoms with van der Waals surface area (Å²) < 4.78 is 1.96. The molecule has 0 bridgehead atoms. The van der Waals surface area contributed by atoms with Gasteiger partial charge in [0.1, 0.15) is 6.33 Å². The van der Waals surface area contributed by atoms with Crippen LogP contribution in [0.15, 0.2) is 6.33 Å². The van der Waals surface area contributed by atoms with Gasteiger partial charge in [0.05, 0.1) is 12.6 Å². The van der Waals surface area contributed by atoms with E-state index in [0.29, 0.717) is 6.04 Å². The van der Waals surface area contributed by atoms with Crippen molar-refractivity contribution >= 4 is 0 Å². The molecule has 0 saturated carbocycles. The van der Waals surface area contributed by atoms with Gasteiger partial charge in [-0.3, -0.25) is 0 Å². The predicted molar refractivity (Wildman–Crippen MR) is 66.2 cm³/mol. The summed E-state index contributed by atoms with van der Waals surface area (Å²) in [5, 5.41) is 7.86. The summed E-state index contributed by atoms with van der Waals surface area (Å²) in [6.45, 7) is 11.5. The van der Waals surface area contributed by atoms with Crippen molar-refractivity contribution < 1.29 is 0 Å². The first-order valence-corrected chi connectivity index (χ1v) is 6.07. The van der Waals surface area contributed by atoms with E-state index in [-0.39, 0.29) is 5.54 Å². The Kier molecular flexibility index (Phi) is 4.47. The van der Waals surface area contributed by atoms with Crippen molar-refractivity contribution in [3.8, 4) is 0 Å². The Morgan fingerprint density at radius 3 is 2.69 bits per heavy atom. The molecule has 4 nitrogen and oxygen atoms in total. The lowest BCUT2D eigenvalue weighted by Gasteiger charge is -2.19. The zero-order valence-electron chi connectivity index (χ0n) is 11.1. The maximum atomic E-state index is 4.47. The van der Waals surface area contributed by atoms with Gasteiger partial charge in [0, 0.05) is 5.54 Å². The molecule has 0 aliphatic rings. The normalized spacial score (nSPS) is 14.1. The SMILES string of the molecule is CCCC(C)n1cnc(CNC(C)(C)C)n1.